The third-order valence-corrected chi connectivity index (χ3v) is 7.35. The Balaban J connectivity index is 1.40. The summed E-state index contributed by atoms with van der Waals surface area (Å²) in [5.74, 6) is -5.23. The summed E-state index contributed by atoms with van der Waals surface area (Å²) in [7, 11) is 1.39. The lowest BCUT2D eigenvalue weighted by molar-refractivity contribution is -0.264. The van der Waals surface area contributed by atoms with Gasteiger partial charge in [-0.25, -0.2) is 4.39 Å². The van der Waals surface area contributed by atoms with Crippen molar-refractivity contribution in [1.29, 1.82) is 0 Å². The molecule has 2 saturated heterocycles. The highest BCUT2D eigenvalue weighted by atomic mass is 19.1. The Morgan fingerprint density at radius 1 is 1.08 bits per heavy atom. The third-order valence-electron chi connectivity index (χ3n) is 7.35. The quantitative estimate of drug-likeness (QED) is 0.234. The highest BCUT2D eigenvalue weighted by molar-refractivity contribution is 6.32. The predicted molar refractivity (Wildman–Crippen MR) is 132 cm³/mol. The summed E-state index contributed by atoms with van der Waals surface area (Å²) in [6.07, 6.45) is -0.117. The number of fused-ring (bicyclic) bond motifs is 1. The molecule has 0 aromatic heterocycles. The number of hydrogen-bond acceptors (Lipinski definition) is 8. The highest BCUT2D eigenvalue weighted by Crippen LogP contribution is 2.45. The number of hydrogen-bond donors (Lipinski definition) is 4. The lowest BCUT2D eigenvalue weighted by atomic mass is 9.69. The first-order chi connectivity index (χ1) is 17.6. The lowest BCUT2D eigenvalue weighted by Crippen LogP contribution is -2.68. The van der Waals surface area contributed by atoms with Crippen molar-refractivity contribution in [2.24, 2.45) is 0 Å². The number of ether oxygens (including phenoxy) is 1. The number of piperidine rings is 1. The number of carbonyl (C=O) groups excluding carboxylic acids is 3. The Morgan fingerprint density at radius 3 is 2.51 bits per heavy atom. The molecule has 4 N–H and O–H groups in total. The number of rotatable bonds is 6. The topological polar surface area (TPSA) is 131 Å². The van der Waals surface area contributed by atoms with Crippen LogP contribution in [-0.4, -0.2) is 77.3 Å². The minimum absolute atomic E-state index is 0.00228. The summed E-state index contributed by atoms with van der Waals surface area (Å²) in [5, 5.41) is 27.6. The van der Waals surface area contributed by atoms with Gasteiger partial charge in [-0.1, -0.05) is 24.3 Å². The molecule has 0 aliphatic carbocycles. The molecule has 5 rings (SSSR count). The van der Waals surface area contributed by atoms with Gasteiger partial charge in [-0.15, -0.1) is 0 Å². The number of morpholine rings is 1. The van der Waals surface area contributed by atoms with Gasteiger partial charge < -0.3 is 20.3 Å². The zero-order valence-electron chi connectivity index (χ0n) is 20.4. The molecule has 194 valence electrons. The minimum Gasteiger partial charge on any atom is -0.380 e. The van der Waals surface area contributed by atoms with Crippen LogP contribution in [0, 0.1) is 5.82 Å². The maximum atomic E-state index is 15.3. The molecule has 3 aliphatic rings. The average Bonchev–Trinajstić information content (AvgIpc) is 3.09. The van der Waals surface area contributed by atoms with Crippen molar-refractivity contribution in [2.75, 3.05) is 31.6 Å². The van der Waals surface area contributed by atoms with Crippen LogP contribution in [0.25, 0.3) is 0 Å². The van der Waals surface area contributed by atoms with E-state index in [0.717, 1.165) is 13.1 Å². The van der Waals surface area contributed by atoms with Crippen LogP contribution in [0.3, 0.4) is 0 Å². The smallest absolute Gasteiger partial charge is 0.280 e. The van der Waals surface area contributed by atoms with Crippen molar-refractivity contribution in [3.8, 4) is 0 Å². The first-order valence-corrected chi connectivity index (χ1v) is 12.2. The third kappa shape index (κ3) is 4.39. The molecular formula is C25H28BFN4O6. The van der Waals surface area contributed by atoms with Gasteiger partial charge in [-0.3, -0.25) is 29.5 Å². The van der Waals surface area contributed by atoms with E-state index < -0.39 is 29.1 Å². The number of anilines is 1. The number of amides is 3. The molecule has 3 amide bonds. The molecule has 1 unspecified atom stereocenters. The second-order valence-electron chi connectivity index (χ2n) is 9.79. The summed E-state index contributed by atoms with van der Waals surface area (Å²) in [4.78, 5) is 40.5. The van der Waals surface area contributed by atoms with E-state index in [1.54, 1.807) is 30.3 Å². The van der Waals surface area contributed by atoms with Crippen molar-refractivity contribution < 1.29 is 33.7 Å². The van der Waals surface area contributed by atoms with Crippen molar-refractivity contribution in [2.45, 2.75) is 37.3 Å². The van der Waals surface area contributed by atoms with E-state index in [0.29, 0.717) is 35.8 Å². The molecule has 0 spiro atoms. The minimum atomic E-state index is -2.83. The van der Waals surface area contributed by atoms with Crippen molar-refractivity contribution in [3.63, 3.8) is 0 Å². The van der Waals surface area contributed by atoms with E-state index in [9.17, 15) is 24.6 Å². The standard InChI is InChI=1S/C25H28BFN4O6/c26-24(8-7-19(32)29-23(24)34)31-22(33)17-5-2-6-18(20(17)25(31,35)36)28-13-15-3-1-4-16(21(15)27)14-30-9-11-37-12-10-30/h1-6,28,35-36H,7-14,26H2,(H,29,32,34). The Hall–Kier alpha value is -3.32. The van der Waals surface area contributed by atoms with Gasteiger partial charge in [-0.2, -0.15) is 0 Å². The van der Waals surface area contributed by atoms with E-state index in [1.165, 1.54) is 13.9 Å². The van der Waals surface area contributed by atoms with Crippen LogP contribution in [-0.2, 0) is 33.3 Å². The Bertz CT molecular complexity index is 1270. The van der Waals surface area contributed by atoms with Crippen molar-refractivity contribution >= 4 is 31.3 Å². The molecule has 0 radical (unpaired) electrons. The second-order valence-corrected chi connectivity index (χ2v) is 9.79. The molecule has 2 aromatic carbocycles. The zero-order valence-corrected chi connectivity index (χ0v) is 20.4. The number of halogens is 1. The molecule has 37 heavy (non-hydrogen) atoms. The first-order valence-electron chi connectivity index (χ1n) is 12.2. The van der Waals surface area contributed by atoms with Crippen molar-refractivity contribution in [1.82, 2.24) is 15.1 Å². The first kappa shape index (κ1) is 25.3. The molecule has 12 heteroatoms. The molecule has 3 heterocycles. The molecule has 2 fully saturated rings. The predicted octanol–water partition coefficient (Wildman–Crippen LogP) is -0.413. The van der Waals surface area contributed by atoms with E-state index >= 15 is 4.39 Å². The Labute approximate surface area is 213 Å². The molecular weight excluding hydrogens is 482 g/mol. The largest absolute Gasteiger partial charge is 0.380 e. The van der Waals surface area contributed by atoms with Crippen LogP contribution in [0.4, 0.5) is 10.1 Å². The number of benzene rings is 2. The molecule has 0 bridgehead atoms. The lowest BCUT2D eigenvalue weighted by Gasteiger charge is -2.44. The number of imide groups is 1. The van der Waals surface area contributed by atoms with Crippen LogP contribution >= 0.6 is 0 Å². The van der Waals surface area contributed by atoms with Gasteiger partial charge in [-0.05, 0) is 18.6 Å². The van der Waals surface area contributed by atoms with Gasteiger partial charge in [0.2, 0.25) is 11.8 Å². The SMILES string of the molecule is BC1(N2C(=O)c3cccc(NCc4cccc(CN5CCOCC5)c4F)c3C2(O)O)CCC(=O)NC1=O. The normalized spacial score (nSPS) is 23.6. The molecule has 2 aromatic rings. The summed E-state index contributed by atoms with van der Waals surface area (Å²) >= 11 is 0. The van der Waals surface area contributed by atoms with Gasteiger partial charge in [0.05, 0.1) is 29.8 Å². The van der Waals surface area contributed by atoms with Crippen LogP contribution in [0.1, 0.15) is 39.9 Å². The maximum absolute atomic E-state index is 15.3. The van der Waals surface area contributed by atoms with E-state index in [-0.39, 0.29) is 42.0 Å². The number of nitrogens with one attached hydrogen (secondary N) is 2. The maximum Gasteiger partial charge on any atom is 0.280 e. The summed E-state index contributed by atoms with van der Waals surface area (Å²) < 4.78 is 20.7. The average molecular weight is 510 g/mol. The summed E-state index contributed by atoms with van der Waals surface area (Å²) in [5.41, 5.74) is -0.649. The van der Waals surface area contributed by atoms with E-state index in [2.05, 4.69) is 15.5 Å². The van der Waals surface area contributed by atoms with Crippen LogP contribution in [0.15, 0.2) is 36.4 Å². The van der Waals surface area contributed by atoms with Crippen molar-refractivity contribution in [3.05, 3.63) is 64.5 Å². The van der Waals surface area contributed by atoms with Crippen LogP contribution in [0.2, 0.25) is 0 Å². The van der Waals surface area contributed by atoms with Gasteiger partial charge in [0.25, 0.3) is 11.8 Å². The molecule has 3 aliphatic heterocycles. The molecule has 0 saturated carbocycles. The van der Waals surface area contributed by atoms with Gasteiger partial charge in [0, 0.05) is 49.4 Å². The van der Waals surface area contributed by atoms with Crippen LogP contribution in [0.5, 0.6) is 0 Å². The Kier molecular flexibility index (Phi) is 6.53. The highest BCUT2D eigenvalue weighted by Gasteiger charge is 2.59. The van der Waals surface area contributed by atoms with Gasteiger partial charge in [0.15, 0.2) is 0 Å². The zero-order chi connectivity index (χ0) is 26.4. The fourth-order valence-corrected chi connectivity index (χ4v) is 5.27. The Morgan fingerprint density at radius 2 is 1.78 bits per heavy atom. The second kappa shape index (κ2) is 9.53. The summed E-state index contributed by atoms with van der Waals surface area (Å²) in [6.45, 7) is 3.14. The molecule has 10 nitrogen and oxygen atoms in total. The number of carbonyl (C=O) groups is 3. The molecule has 1 atom stereocenters. The van der Waals surface area contributed by atoms with Gasteiger partial charge >= 0.3 is 0 Å². The van der Waals surface area contributed by atoms with E-state index in [4.69, 9.17) is 4.74 Å². The number of nitrogens with zero attached hydrogens (tertiary/aromatic N) is 2. The van der Waals surface area contributed by atoms with Crippen LogP contribution < -0.4 is 10.6 Å². The monoisotopic (exact) mass is 510 g/mol. The fourth-order valence-electron chi connectivity index (χ4n) is 5.27. The fraction of sp³-hybridized carbons (Fsp3) is 0.400. The van der Waals surface area contributed by atoms with Gasteiger partial charge in [0.1, 0.15) is 13.7 Å². The summed E-state index contributed by atoms with van der Waals surface area (Å²) in [6, 6.07) is 9.70. The number of aliphatic hydroxyl groups is 2. The van der Waals surface area contributed by atoms with E-state index in [1.807, 2.05) is 0 Å².